The summed E-state index contributed by atoms with van der Waals surface area (Å²) in [6.07, 6.45) is 0. The molecule has 0 aliphatic heterocycles. The summed E-state index contributed by atoms with van der Waals surface area (Å²) in [7, 11) is 0. The van der Waals surface area contributed by atoms with E-state index < -0.39 is 0 Å². The molecule has 9 aromatic carbocycles. The second kappa shape index (κ2) is 11.3. The molecule has 49 heavy (non-hydrogen) atoms. The standard InChI is InChI=1S/C48H30S/c1-2-14-32(15-3-1)47-37(27-28-43-38-19-10-11-24-44(38)49-48(43)47)34-17-12-18-35(30-34)45-39-20-6-8-22-41(39)46(42-23-9-7-21-40(42)45)36-26-25-31-13-4-5-16-33(31)29-36/h1-30H. The summed E-state index contributed by atoms with van der Waals surface area (Å²) in [6, 6.07) is 67.0. The van der Waals surface area contributed by atoms with E-state index >= 15 is 0 Å². The second-order valence-corrected chi connectivity index (χ2v) is 13.9. The maximum atomic E-state index is 2.41. The van der Waals surface area contributed by atoms with Crippen molar-refractivity contribution in [1.29, 1.82) is 0 Å². The lowest BCUT2D eigenvalue weighted by atomic mass is 9.84. The van der Waals surface area contributed by atoms with Crippen LogP contribution in [-0.2, 0) is 0 Å². The molecule has 0 atom stereocenters. The van der Waals surface area contributed by atoms with E-state index in [0.29, 0.717) is 0 Å². The van der Waals surface area contributed by atoms with Gasteiger partial charge in [-0.15, -0.1) is 11.3 Å². The SMILES string of the molecule is c1ccc(-c2c(-c3cccc(-c4c5ccccc5c(-c5ccc6ccccc6c5)c5ccccc45)c3)ccc3c2sc2ccccc23)cc1. The van der Waals surface area contributed by atoms with Gasteiger partial charge in [-0.2, -0.15) is 0 Å². The van der Waals surface area contributed by atoms with Crippen molar-refractivity contribution in [2.75, 3.05) is 0 Å². The number of hydrogen-bond acceptors (Lipinski definition) is 1. The Bertz CT molecular complexity index is 2820. The van der Waals surface area contributed by atoms with E-state index in [1.54, 1.807) is 0 Å². The van der Waals surface area contributed by atoms with Crippen molar-refractivity contribution in [3.63, 3.8) is 0 Å². The lowest BCUT2D eigenvalue weighted by Gasteiger charge is -2.19. The molecule has 1 heterocycles. The van der Waals surface area contributed by atoms with Gasteiger partial charge in [0, 0.05) is 25.7 Å². The Labute approximate surface area is 289 Å². The molecule has 0 bridgehead atoms. The maximum Gasteiger partial charge on any atom is 0.0440 e. The summed E-state index contributed by atoms with van der Waals surface area (Å²) in [5, 5.41) is 10.2. The van der Waals surface area contributed by atoms with Gasteiger partial charge in [-0.05, 0) is 89.5 Å². The first-order chi connectivity index (χ1) is 24.3. The Morgan fingerprint density at radius 3 is 1.55 bits per heavy atom. The third-order valence-corrected chi connectivity index (χ3v) is 11.2. The summed E-state index contributed by atoms with van der Waals surface area (Å²) in [5.74, 6) is 0. The largest absolute Gasteiger partial charge is 0.135 e. The first-order valence-electron chi connectivity index (χ1n) is 16.8. The van der Waals surface area contributed by atoms with Crippen molar-refractivity contribution in [3.05, 3.63) is 182 Å². The van der Waals surface area contributed by atoms with Crippen LogP contribution in [0.3, 0.4) is 0 Å². The average Bonchev–Trinajstić information content (AvgIpc) is 3.55. The highest BCUT2D eigenvalue weighted by atomic mass is 32.1. The summed E-state index contributed by atoms with van der Waals surface area (Å²) in [5.41, 5.74) is 10.1. The number of rotatable bonds is 4. The van der Waals surface area contributed by atoms with Crippen LogP contribution < -0.4 is 0 Å². The van der Waals surface area contributed by atoms with Crippen LogP contribution >= 0.6 is 11.3 Å². The summed E-state index contributed by atoms with van der Waals surface area (Å²) < 4.78 is 2.66. The summed E-state index contributed by atoms with van der Waals surface area (Å²) in [6.45, 7) is 0. The first-order valence-corrected chi connectivity index (χ1v) is 17.7. The first kappa shape index (κ1) is 28.0. The highest BCUT2D eigenvalue weighted by Crippen LogP contribution is 2.47. The molecule has 1 heteroatoms. The van der Waals surface area contributed by atoms with Gasteiger partial charge in [0.2, 0.25) is 0 Å². The van der Waals surface area contributed by atoms with Crippen LogP contribution in [0.15, 0.2) is 182 Å². The minimum Gasteiger partial charge on any atom is -0.135 e. The van der Waals surface area contributed by atoms with Crippen LogP contribution in [0.2, 0.25) is 0 Å². The molecule has 10 aromatic rings. The molecular weight excluding hydrogens is 609 g/mol. The highest BCUT2D eigenvalue weighted by molar-refractivity contribution is 7.26. The van der Waals surface area contributed by atoms with Crippen molar-refractivity contribution in [2.24, 2.45) is 0 Å². The zero-order valence-electron chi connectivity index (χ0n) is 26.7. The van der Waals surface area contributed by atoms with Crippen LogP contribution in [0.4, 0.5) is 0 Å². The van der Waals surface area contributed by atoms with Crippen molar-refractivity contribution in [3.8, 4) is 44.5 Å². The maximum absolute atomic E-state index is 2.41. The Morgan fingerprint density at radius 2 is 0.837 bits per heavy atom. The molecule has 0 aliphatic rings. The number of fused-ring (bicyclic) bond motifs is 6. The van der Waals surface area contributed by atoms with Crippen LogP contribution in [-0.4, -0.2) is 0 Å². The Morgan fingerprint density at radius 1 is 0.286 bits per heavy atom. The monoisotopic (exact) mass is 638 g/mol. The van der Waals surface area contributed by atoms with E-state index in [1.807, 2.05) is 11.3 Å². The molecular formula is C48H30S. The minimum absolute atomic E-state index is 1.22. The van der Waals surface area contributed by atoms with E-state index in [1.165, 1.54) is 97.0 Å². The molecule has 0 saturated heterocycles. The molecule has 10 rings (SSSR count). The molecule has 0 nitrogen and oxygen atoms in total. The molecule has 0 amide bonds. The summed E-state index contributed by atoms with van der Waals surface area (Å²) in [4.78, 5) is 0. The number of benzene rings is 9. The topological polar surface area (TPSA) is 0 Å². The third-order valence-electron chi connectivity index (χ3n) is 10.0. The Balaban J connectivity index is 1.23. The molecule has 0 aliphatic carbocycles. The molecule has 0 saturated carbocycles. The number of thiophene rings is 1. The van der Waals surface area contributed by atoms with Gasteiger partial charge >= 0.3 is 0 Å². The fraction of sp³-hybridized carbons (Fsp3) is 0. The molecule has 0 N–H and O–H groups in total. The molecule has 0 unspecified atom stereocenters. The van der Waals surface area contributed by atoms with Crippen LogP contribution in [0.1, 0.15) is 0 Å². The van der Waals surface area contributed by atoms with Gasteiger partial charge in [0.05, 0.1) is 0 Å². The van der Waals surface area contributed by atoms with Gasteiger partial charge in [0.15, 0.2) is 0 Å². The van der Waals surface area contributed by atoms with Gasteiger partial charge in [-0.1, -0.05) is 164 Å². The Kier molecular flexibility index (Phi) is 6.47. The number of hydrogen-bond donors (Lipinski definition) is 0. The predicted molar refractivity (Wildman–Crippen MR) is 214 cm³/mol. The van der Waals surface area contributed by atoms with Crippen LogP contribution in [0.5, 0.6) is 0 Å². The lowest BCUT2D eigenvalue weighted by molar-refractivity contribution is 1.61. The predicted octanol–water partition coefficient (Wildman–Crippen LogP) is 14.2. The lowest BCUT2D eigenvalue weighted by Crippen LogP contribution is -1.92. The van der Waals surface area contributed by atoms with E-state index in [0.717, 1.165) is 0 Å². The fourth-order valence-electron chi connectivity index (χ4n) is 7.86. The van der Waals surface area contributed by atoms with Gasteiger partial charge in [-0.3, -0.25) is 0 Å². The highest BCUT2D eigenvalue weighted by Gasteiger charge is 2.19. The van der Waals surface area contributed by atoms with Crippen LogP contribution in [0.25, 0.3) is 97.0 Å². The fourth-order valence-corrected chi connectivity index (χ4v) is 9.13. The average molecular weight is 639 g/mol. The smallest absolute Gasteiger partial charge is 0.0440 e. The van der Waals surface area contributed by atoms with E-state index in [2.05, 4.69) is 182 Å². The zero-order valence-corrected chi connectivity index (χ0v) is 27.5. The molecule has 0 fully saturated rings. The van der Waals surface area contributed by atoms with Crippen LogP contribution in [0, 0.1) is 0 Å². The Hall–Kier alpha value is -6.02. The van der Waals surface area contributed by atoms with Gasteiger partial charge in [0.1, 0.15) is 0 Å². The minimum atomic E-state index is 1.22. The van der Waals surface area contributed by atoms with E-state index in [9.17, 15) is 0 Å². The quantitative estimate of drug-likeness (QED) is 0.168. The van der Waals surface area contributed by atoms with Gasteiger partial charge in [0.25, 0.3) is 0 Å². The van der Waals surface area contributed by atoms with E-state index in [4.69, 9.17) is 0 Å². The van der Waals surface area contributed by atoms with Crippen molar-refractivity contribution >= 4 is 63.8 Å². The second-order valence-electron chi connectivity index (χ2n) is 12.8. The zero-order chi connectivity index (χ0) is 32.3. The third kappa shape index (κ3) is 4.51. The van der Waals surface area contributed by atoms with Gasteiger partial charge in [-0.25, -0.2) is 0 Å². The van der Waals surface area contributed by atoms with Gasteiger partial charge < -0.3 is 0 Å². The summed E-state index contributed by atoms with van der Waals surface area (Å²) >= 11 is 1.90. The molecule has 228 valence electrons. The van der Waals surface area contributed by atoms with Crippen molar-refractivity contribution in [2.45, 2.75) is 0 Å². The molecule has 0 radical (unpaired) electrons. The molecule has 0 spiro atoms. The van der Waals surface area contributed by atoms with Crippen molar-refractivity contribution in [1.82, 2.24) is 0 Å². The molecule has 1 aromatic heterocycles. The van der Waals surface area contributed by atoms with E-state index in [-0.39, 0.29) is 0 Å². The normalized spacial score (nSPS) is 11.7. The van der Waals surface area contributed by atoms with Crippen molar-refractivity contribution < 1.29 is 0 Å².